The number of anilines is 1. The number of amides is 1. The molecular weight excluding hydrogens is 399 g/mol. The molecule has 0 fully saturated rings. The molecule has 0 spiro atoms. The minimum atomic E-state index is -3.34. The average molecular weight is 425 g/mol. The first-order valence-electron chi connectivity index (χ1n) is 9.08. The van der Waals surface area contributed by atoms with E-state index in [9.17, 15) is 17.6 Å². The van der Waals surface area contributed by atoms with Gasteiger partial charge in [-0.1, -0.05) is 18.2 Å². The van der Waals surface area contributed by atoms with Crippen molar-refractivity contribution in [2.75, 3.05) is 28.9 Å². The van der Waals surface area contributed by atoms with Crippen molar-refractivity contribution in [2.24, 2.45) is 0 Å². The second kappa shape index (κ2) is 10.5. The molecule has 0 unspecified atom stereocenters. The summed E-state index contributed by atoms with van der Waals surface area (Å²) in [5, 5.41) is 2.82. The van der Waals surface area contributed by atoms with E-state index < -0.39 is 10.0 Å². The van der Waals surface area contributed by atoms with Crippen LogP contribution < -0.4 is 9.62 Å². The van der Waals surface area contributed by atoms with Crippen LogP contribution in [0.5, 0.6) is 0 Å². The molecule has 0 radical (unpaired) electrons. The third-order valence-electron chi connectivity index (χ3n) is 4.15. The summed E-state index contributed by atoms with van der Waals surface area (Å²) in [4.78, 5) is 12.2. The van der Waals surface area contributed by atoms with Crippen LogP contribution in [0.3, 0.4) is 0 Å². The third-order valence-corrected chi connectivity index (χ3v) is 7.03. The summed E-state index contributed by atoms with van der Waals surface area (Å²) in [5.41, 5.74) is 1.66. The van der Waals surface area contributed by atoms with Gasteiger partial charge in [0.2, 0.25) is 10.0 Å². The Morgan fingerprint density at radius 2 is 1.79 bits per heavy atom. The second-order valence-electron chi connectivity index (χ2n) is 6.01. The van der Waals surface area contributed by atoms with Crippen LogP contribution >= 0.6 is 11.8 Å². The number of halogens is 1. The summed E-state index contributed by atoms with van der Waals surface area (Å²) in [6.45, 7) is 4.17. The molecule has 0 bridgehead atoms. The highest BCUT2D eigenvalue weighted by molar-refractivity contribution is 7.98. The van der Waals surface area contributed by atoms with Crippen LogP contribution in [0.25, 0.3) is 0 Å². The van der Waals surface area contributed by atoms with Crippen molar-refractivity contribution in [1.82, 2.24) is 5.32 Å². The molecule has 0 aliphatic heterocycles. The Hall–Kier alpha value is -2.06. The first-order chi connectivity index (χ1) is 13.4. The van der Waals surface area contributed by atoms with Crippen LogP contribution in [-0.4, -0.2) is 38.9 Å². The van der Waals surface area contributed by atoms with Crippen LogP contribution in [0.2, 0.25) is 0 Å². The third kappa shape index (κ3) is 5.97. The van der Waals surface area contributed by atoms with E-state index in [0.29, 0.717) is 41.4 Å². The Morgan fingerprint density at radius 3 is 2.39 bits per heavy atom. The van der Waals surface area contributed by atoms with Gasteiger partial charge in [0.05, 0.1) is 11.4 Å². The van der Waals surface area contributed by atoms with Crippen molar-refractivity contribution < 1.29 is 17.6 Å². The number of carbonyl (C=O) groups excluding carboxylic acids is 1. The van der Waals surface area contributed by atoms with Gasteiger partial charge in [-0.15, -0.1) is 0 Å². The predicted molar refractivity (Wildman–Crippen MR) is 114 cm³/mol. The molecule has 0 aliphatic rings. The fraction of sp³-hybridized carbons (Fsp3) is 0.350. The van der Waals surface area contributed by atoms with Crippen molar-refractivity contribution in [3.05, 3.63) is 65.5 Å². The van der Waals surface area contributed by atoms with E-state index in [-0.39, 0.29) is 17.5 Å². The highest BCUT2D eigenvalue weighted by Gasteiger charge is 2.18. The number of hydrogen-bond donors (Lipinski definition) is 1. The van der Waals surface area contributed by atoms with E-state index in [1.807, 2.05) is 0 Å². The molecule has 0 aliphatic carbocycles. The van der Waals surface area contributed by atoms with Gasteiger partial charge in [0.1, 0.15) is 5.82 Å². The molecule has 5 nitrogen and oxygen atoms in total. The van der Waals surface area contributed by atoms with Gasteiger partial charge in [-0.2, -0.15) is 11.8 Å². The van der Waals surface area contributed by atoms with E-state index in [1.54, 1.807) is 68.1 Å². The van der Waals surface area contributed by atoms with Gasteiger partial charge in [0.15, 0.2) is 0 Å². The molecule has 0 atom stereocenters. The van der Waals surface area contributed by atoms with E-state index >= 15 is 0 Å². The zero-order chi connectivity index (χ0) is 20.6. The van der Waals surface area contributed by atoms with Crippen LogP contribution in [0.1, 0.15) is 29.8 Å². The summed E-state index contributed by atoms with van der Waals surface area (Å²) in [7, 11) is -3.34. The smallest absolute Gasteiger partial charge is 0.251 e. The predicted octanol–water partition coefficient (Wildman–Crippen LogP) is 3.66. The van der Waals surface area contributed by atoms with Crippen molar-refractivity contribution in [2.45, 2.75) is 19.6 Å². The second-order valence-corrected chi connectivity index (χ2v) is 9.30. The van der Waals surface area contributed by atoms with Crippen LogP contribution in [0.15, 0.2) is 48.5 Å². The Labute approximate surface area is 170 Å². The minimum Gasteiger partial charge on any atom is -0.351 e. The van der Waals surface area contributed by atoms with Gasteiger partial charge in [0.25, 0.3) is 5.91 Å². The fourth-order valence-corrected chi connectivity index (χ4v) is 4.60. The molecule has 0 saturated heterocycles. The SMILES string of the molecule is CCN(c1ccc(C(=O)NCCSCc2ccccc2F)cc1)S(=O)(=O)CC. The quantitative estimate of drug-likeness (QED) is 0.591. The first kappa shape index (κ1) is 22.2. The van der Waals surface area contributed by atoms with Gasteiger partial charge in [0, 0.05) is 30.2 Å². The molecule has 0 saturated carbocycles. The standard InChI is InChI=1S/C20H25FN2O3S2/c1-3-23(28(25,26)4-2)18-11-9-16(10-12-18)20(24)22-13-14-27-15-17-7-5-6-8-19(17)21/h5-12H,3-4,13-15H2,1-2H3,(H,22,24). The van der Waals surface area contributed by atoms with Gasteiger partial charge >= 0.3 is 0 Å². The lowest BCUT2D eigenvalue weighted by Crippen LogP contribution is -2.32. The zero-order valence-electron chi connectivity index (χ0n) is 16.0. The van der Waals surface area contributed by atoms with Gasteiger partial charge in [-0.25, -0.2) is 12.8 Å². The lowest BCUT2D eigenvalue weighted by atomic mass is 10.2. The molecule has 2 aromatic rings. The van der Waals surface area contributed by atoms with Gasteiger partial charge in [-0.3, -0.25) is 9.10 Å². The Kier molecular flexibility index (Phi) is 8.32. The zero-order valence-corrected chi connectivity index (χ0v) is 17.7. The lowest BCUT2D eigenvalue weighted by Gasteiger charge is -2.22. The largest absolute Gasteiger partial charge is 0.351 e. The highest BCUT2D eigenvalue weighted by Crippen LogP contribution is 2.19. The molecule has 0 aromatic heterocycles. The summed E-state index contributed by atoms with van der Waals surface area (Å²) in [5.74, 6) is 0.796. The monoisotopic (exact) mass is 424 g/mol. The number of sulfonamides is 1. The van der Waals surface area contributed by atoms with Gasteiger partial charge in [-0.05, 0) is 49.7 Å². The normalized spacial score (nSPS) is 11.2. The Bertz CT molecular complexity index is 887. The summed E-state index contributed by atoms with van der Waals surface area (Å²) < 4.78 is 39.1. The molecule has 2 rings (SSSR count). The molecule has 8 heteroatoms. The molecule has 28 heavy (non-hydrogen) atoms. The minimum absolute atomic E-state index is 0.0215. The first-order valence-corrected chi connectivity index (χ1v) is 11.8. The molecule has 2 aromatic carbocycles. The molecule has 0 heterocycles. The van der Waals surface area contributed by atoms with E-state index in [2.05, 4.69) is 5.32 Å². The number of nitrogens with zero attached hydrogens (tertiary/aromatic N) is 1. The van der Waals surface area contributed by atoms with Crippen LogP contribution in [-0.2, 0) is 15.8 Å². The number of benzene rings is 2. The Balaban J connectivity index is 1.83. The van der Waals surface area contributed by atoms with Crippen molar-refractivity contribution in [3.63, 3.8) is 0 Å². The highest BCUT2D eigenvalue weighted by atomic mass is 32.2. The van der Waals surface area contributed by atoms with Gasteiger partial charge < -0.3 is 5.32 Å². The molecule has 1 amide bonds. The number of rotatable bonds is 10. The maximum atomic E-state index is 13.5. The number of carbonyl (C=O) groups is 1. The van der Waals surface area contributed by atoms with Crippen LogP contribution in [0, 0.1) is 5.82 Å². The summed E-state index contributed by atoms with van der Waals surface area (Å²) in [6.07, 6.45) is 0. The maximum Gasteiger partial charge on any atom is 0.251 e. The van der Waals surface area contributed by atoms with E-state index in [1.165, 1.54) is 10.4 Å². The van der Waals surface area contributed by atoms with Crippen LogP contribution in [0.4, 0.5) is 10.1 Å². The number of hydrogen-bond acceptors (Lipinski definition) is 4. The number of nitrogens with one attached hydrogen (secondary N) is 1. The topological polar surface area (TPSA) is 66.5 Å². The molecule has 1 N–H and O–H groups in total. The summed E-state index contributed by atoms with van der Waals surface area (Å²) >= 11 is 1.54. The average Bonchev–Trinajstić information content (AvgIpc) is 2.69. The van der Waals surface area contributed by atoms with E-state index in [4.69, 9.17) is 0 Å². The molecular formula is C20H25FN2O3S2. The van der Waals surface area contributed by atoms with E-state index in [0.717, 1.165) is 0 Å². The molecule has 152 valence electrons. The summed E-state index contributed by atoms with van der Waals surface area (Å²) in [6, 6.07) is 13.2. The van der Waals surface area contributed by atoms with Crippen molar-refractivity contribution >= 4 is 33.4 Å². The Morgan fingerprint density at radius 1 is 1.11 bits per heavy atom. The van der Waals surface area contributed by atoms with Crippen molar-refractivity contribution in [1.29, 1.82) is 0 Å². The lowest BCUT2D eigenvalue weighted by molar-refractivity contribution is 0.0956. The number of thioether (sulfide) groups is 1. The van der Waals surface area contributed by atoms with Crippen molar-refractivity contribution in [3.8, 4) is 0 Å². The maximum absolute atomic E-state index is 13.5. The fourth-order valence-electron chi connectivity index (χ4n) is 2.61.